The van der Waals surface area contributed by atoms with E-state index < -0.39 is 6.17 Å². The van der Waals surface area contributed by atoms with Gasteiger partial charge in [-0.3, -0.25) is 14.7 Å². The molecule has 1 aliphatic heterocycles. The van der Waals surface area contributed by atoms with Crippen LogP contribution in [0.5, 0.6) is 0 Å². The molecule has 1 aliphatic rings. The number of likely N-dealkylation sites (N-methyl/N-ethyl adjacent to an activating group) is 1. The number of likely N-dealkylation sites (tertiary alicyclic amines) is 1. The highest BCUT2D eigenvalue weighted by atomic mass is 19.1. The van der Waals surface area contributed by atoms with E-state index in [9.17, 15) is 4.39 Å². The lowest BCUT2D eigenvalue weighted by molar-refractivity contribution is 0.237. The van der Waals surface area contributed by atoms with Crippen LogP contribution in [0.15, 0.2) is 24.9 Å². The van der Waals surface area contributed by atoms with Gasteiger partial charge in [0, 0.05) is 51.5 Å². The van der Waals surface area contributed by atoms with Gasteiger partial charge in [-0.15, -0.1) is 0 Å². The SMILES string of the molecule is CN(C[C@@H]1C[C@H](F)CN1Cc1cnn(C)c1)c1ncnc2[nH]ncc12. The van der Waals surface area contributed by atoms with Crippen LogP contribution in [0.25, 0.3) is 11.0 Å². The van der Waals surface area contributed by atoms with Crippen LogP contribution in [0.4, 0.5) is 10.2 Å². The topological polar surface area (TPSA) is 78.8 Å². The van der Waals surface area contributed by atoms with Crippen molar-refractivity contribution in [2.45, 2.75) is 25.2 Å². The van der Waals surface area contributed by atoms with E-state index in [1.165, 1.54) is 6.33 Å². The van der Waals surface area contributed by atoms with Crippen molar-refractivity contribution in [1.82, 2.24) is 34.8 Å². The van der Waals surface area contributed by atoms with Crippen LogP contribution < -0.4 is 4.90 Å². The monoisotopic (exact) mass is 344 g/mol. The number of H-pyrrole nitrogens is 1. The molecule has 132 valence electrons. The molecule has 25 heavy (non-hydrogen) atoms. The fourth-order valence-corrected chi connectivity index (χ4v) is 3.55. The summed E-state index contributed by atoms with van der Waals surface area (Å²) in [6, 6.07) is 0.122. The minimum absolute atomic E-state index is 0.122. The molecule has 9 heteroatoms. The highest BCUT2D eigenvalue weighted by molar-refractivity contribution is 5.85. The van der Waals surface area contributed by atoms with Crippen molar-refractivity contribution in [1.29, 1.82) is 0 Å². The summed E-state index contributed by atoms with van der Waals surface area (Å²) in [5, 5.41) is 12.0. The zero-order valence-electron chi connectivity index (χ0n) is 14.3. The molecule has 1 saturated heterocycles. The van der Waals surface area contributed by atoms with Crippen LogP contribution in [0.3, 0.4) is 0 Å². The molecule has 8 nitrogen and oxygen atoms in total. The number of nitrogens with one attached hydrogen (secondary N) is 1. The maximum absolute atomic E-state index is 14.1. The Bertz CT molecular complexity index is 859. The van der Waals surface area contributed by atoms with Crippen LogP contribution >= 0.6 is 0 Å². The zero-order valence-corrected chi connectivity index (χ0v) is 14.3. The molecule has 1 N–H and O–H groups in total. The quantitative estimate of drug-likeness (QED) is 0.748. The summed E-state index contributed by atoms with van der Waals surface area (Å²) in [5.41, 5.74) is 1.81. The first-order chi connectivity index (χ1) is 12.1. The Morgan fingerprint density at radius 2 is 2.24 bits per heavy atom. The summed E-state index contributed by atoms with van der Waals surface area (Å²) in [5.74, 6) is 0.808. The fourth-order valence-electron chi connectivity index (χ4n) is 3.55. The van der Waals surface area contributed by atoms with Crippen molar-refractivity contribution in [2.24, 2.45) is 7.05 Å². The highest BCUT2D eigenvalue weighted by Gasteiger charge is 2.33. The first kappa shape index (κ1) is 15.9. The number of halogens is 1. The van der Waals surface area contributed by atoms with Crippen LogP contribution in [-0.4, -0.2) is 67.2 Å². The summed E-state index contributed by atoms with van der Waals surface area (Å²) >= 11 is 0. The van der Waals surface area contributed by atoms with E-state index in [1.807, 2.05) is 26.5 Å². The summed E-state index contributed by atoms with van der Waals surface area (Å²) < 4.78 is 15.8. The number of aromatic nitrogens is 6. The Hall–Kier alpha value is -2.55. The lowest BCUT2D eigenvalue weighted by Crippen LogP contribution is -2.38. The highest BCUT2D eigenvalue weighted by Crippen LogP contribution is 2.26. The minimum atomic E-state index is -0.797. The molecule has 3 aromatic heterocycles. The van der Waals surface area contributed by atoms with Crippen LogP contribution in [0.1, 0.15) is 12.0 Å². The van der Waals surface area contributed by atoms with Crippen LogP contribution in [0, 0.1) is 0 Å². The van der Waals surface area contributed by atoms with Gasteiger partial charge in [-0.05, 0) is 6.42 Å². The molecule has 0 unspecified atom stereocenters. The third-order valence-electron chi connectivity index (χ3n) is 4.69. The number of anilines is 1. The third-order valence-corrected chi connectivity index (χ3v) is 4.69. The molecule has 0 amide bonds. The number of nitrogens with zero attached hydrogens (tertiary/aromatic N) is 7. The Kier molecular flexibility index (Phi) is 4.08. The standard InChI is InChI=1S/C16H21FN8/c1-23(16-14-5-20-22-15(14)18-10-19-16)9-13-3-12(17)8-25(13)7-11-4-21-24(2)6-11/h4-6,10,12-13H,3,7-9H2,1-2H3,(H,18,19,20,22)/t12-,13-/m0/s1. The van der Waals surface area contributed by atoms with Crippen molar-refractivity contribution >= 4 is 16.9 Å². The third kappa shape index (κ3) is 3.19. The normalized spacial score (nSPS) is 21.2. The second kappa shape index (κ2) is 6.40. The number of aryl methyl sites for hydroxylation is 1. The molecule has 0 aliphatic carbocycles. The number of fused-ring (bicyclic) bond motifs is 1. The predicted molar refractivity (Wildman–Crippen MR) is 91.9 cm³/mol. The fraction of sp³-hybridized carbons (Fsp3) is 0.500. The van der Waals surface area contributed by atoms with Gasteiger partial charge in [0.25, 0.3) is 0 Å². The average molecular weight is 344 g/mol. The smallest absolute Gasteiger partial charge is 0.160 e. The van der Waals surface area contributed by atoms with E-state index in [0.717, 1.165) is 16.8 Å². The van der Waals surface area contributed by atoms with Gasteiger partial charge in [0.1, 0.15) is 18.3 Å². The lowest BCUT2D eigenvalue weighted by atomic mass is 10.2. The summed E-state index contributed by atoms with van der Waals surface area (Å²) in [6.07, 6.45) is 6.80. The molecule has 0 bridgehead atoms. The minimum Gasteiger partial charge on any atom is -0.357 e. The Morgan fingerprint density at radius 3 is 3.04 bits per heavy atom. The molecule has 0 spiro atoms. The largest absolute Gasteiger partial charge is 0.357 e. The van der Waals surface area contributed by atoms with Crippen molar-refractivity contribution in [2.75, 3.05) is 25.0 Å². The number of aromatic amines is 1. The van der Waals surface area contributed by atoms with Gasteiger partial charge in [-0.25, -0.2) is 14.4 Å². The van der Waals surface area contributed by atoms with Gasteiger partial charge in [0.15, 0.2) is 5.65 Å². The van der Waals surface area contributed by atoms with Gasteiger partial charge in [0.05, 0.1) is 17.8 Å². The zero-order chi connectivity index (χ0) is 17.4. The van der Waals surface area contributed by atoms with E-state index >= 15 is 0 Å². The van der Waals surface area contributed by atoms with Gasteiger partial charge >= 0.3 is 0 Å². The van der Waals surface area contributed by atoms with Crippen LogP contribution in [-0.2, 0) is 13.6 Å². The van der Waals surface area contributed by atoms with Crippen molar-refractivity contribution in [3.63, 3.8) is 0 Å². The summed E-state index contributed by atoms with van der Waals surface area (Å²) in [6.45, 7) is 1.86. The maximum atomic E-state index is 14.1. The van der Waals surface area contributed by atoms with Crippen molar-refractivity contribution < 1.29 is 4.39 Å². The van der Waals surface area contributed by atoms with Crippen molar-refractivity contribution in [3.8, 4) is 0 Å². The molecule has 4 rings (SSSR count). The van der Waals surface area contributed by atoms with Gasteiger partial charge in [0.2, 0.25) is 0 Å². The van der Waals surface area contributed by atoms with Gasteiger partial charge in [-0.1, -0.05) is 0 Å². The second-order valence-corrected chi connectivity index (χ2v) is 6.65. The van der Waals surface area contributed by atoms with E-state index in [1.54, 1.807) is 10.9 Å². The van der Waals surface area contributed by atoms with Gasteiger partial charge < -0.3 is 4.90 Å². The lowest BCUT2D eigenvalue weighted by Gasteiger charge is -2.28. The molecule has 0 saturated carbocycles. The molecule has 0 aromatic carbocycles. The molecule has 3 aromatic rings. The first-order valence-electron chi connectivity index (χ1n) is 8.31. The molecule has 0 radical (unpaired) electrons. The maximum Gasteiger partial charge on any atom is 0.160 e. The molecular formula is C16H21FN8. The number of rotatable bonds is 5. The van der Waals surface area contributed by atoms with E-state index in [4.69, 9.17) is 0 Å². The number of hydrogen-bond acceptors (Lipinski definition) is 6. The van der Waals surface area contributed by atoms with E-state index in [2.05, 4.69) is 35.1 Å². The molecule has 4 heterocycles. The molecule has 1 fully saturated rings. The Labute approximate surface area is 144 Å². The molecular weight excluding hydrogens is 323 g/mol. The number of alkyl halides is 1. The summed E-state index contributed by atoms with van der Waals surface area (Å²) in [4.78, 5) is 12.8. The summed E-state index contributed by atoms with van der Waals surface area (Å²) in [7, 11) is 3.87. The van der Waals surface area contributed by atoms with Crippen molar-refractivity contribution in [3.05, 3.63) is 30.5 Å². The van der Waals surface area contributed by atoms with Gasteiger partial charge in [-0.2, -0.15) is 10.2 Å². The number of hydrogen-bond donors (Lipinski definition) is 1. The Morgan fingerprint density at radius 1 is 1.36 bits per heavy atom. The first-order valence-corrected chi connectivity index (χ1v) is 8.31. The second-order valence-electron chi connectivity index (χ2n) is 6.65. The van der Waals surface area contributed by atoms with Crippen LogP contribution in [0.2, 0.25) is 0 Å². The Balaban J connectivity index is 1.50. The van der Waals surface area contributed by atoms with E-state index in [-0.39, 0.29) is 6.04 Å². The average Bonchev–Trinajstić information content (AvgIpc) is 3.28. The predicted octanol–water partition coefficient (Wildman–Crippen LogP) is 1.14. The molecule has 2 atom stereocenters. The van der Waals surface area contributed by atoms with E-state index in [0.29, 0.717) is 31.7 Å².